The maximum Gasteiger partial charge on any atom is 0.433 e. The number of carbonyl (C=O) groups is 1. The van der Waals surface area contributed by atoms with Crippen LogP contribution in [0.1, 0.15) is 56.0 Å². The van der Waals surface area contributed by atoms with Crippen molar-refractivity contribution in [2.75, 3.05) is 31.1 Å². The second-order valence-electron chi connectivity index (χ2n) is 11.6. The van der Waals surface area contributed by atoms with Gasteiger partial charge < -0.3 is 15.1 Å². The number of nitrogens with zero attached hydrogens (tertiary/aromatic N) is 4. The Labute approximate surface area is 240 Å². The first-order valence-electron chi connectivity index (χ1n) is 14.4. The molecule has 1 N–H and O–H groups in total. The second-order valence-corrected chi connectivity index (χ2v) is 11.6. The van der Waals surface area contributed by atoms with E-state index in [4.69, 9.17) is 0 Å². The number of carbonyl (C=O) groups excluding carboxylic acids is 1. The Morgan fingerprint density at radius 2 is 1.66 bits per heavy atom. The van der Waals surface area contributed by atoms with Crippen LogP contribution in [-0.4, -0.2) is 53.0 Å². The van der Waals surface area contributed by atoms with Gasteiger partial charge in [-0.2, -0.15) is 13.2 Å². The molecule has 1 unspecified atom stereocenters. The molecule has 1 aromatic heterocycles. The average molecular weight is 566 g/mol. The van der Waals surface area contributed by atoms with Crippen LogP contribution in [0.2, 0.25) is 0 Å². The molecule has 1 aliphatic heterocycles. The number of hydrogen-bond donors (Lipinski definition) is 1. The molecule has 2 aliphatic rings. The second kappa shape index (κ2) is 12.2. The molecule has 1 aliphatic carbocycles. The van der Waals surface area contributed by atoms with Crippen molar-refractivity contribution in [1.29, 1.82) is 0 Å². The van der Waals surface area contributed by atoms with Crippen LogP contribution in [0.3, 0.4) is 0 Å². The number of benzene rings is 2. The highest BCUT2D eigenvalue weighted by molar-refractivity contribution is 5.84. The molecule has 218 valence electrons. The molecule has 3 aromatic rings. The Hall–Kier alpha value is -3.46. The molecular weight excluding hydrogens is 527 g/mol. The molecule has 41 heavy (non-hydrogen) atoms. The standard InChI is InChI=1S/C32H38F3N5O/c1-23(2)31(30(41)40-17-15-39(16-18-40)29-20-28(32(33,34)35)36-22-37-29)14-13-26(21-31)38-27(25-11-7-4-8-12-25)19-24-9-5-3-6-10-24/h3-12,20,22-23,26-27,38H,13-19,21H2,1-2H3/t26-,27?,31+/m1/s1. The number of piperazine rings is 1. The van der Waals surface area contributed by atoms with Crippen molar-refractivity contribution >= 4 is 11.7 Å². The Kier molecular flexibility index (Phi) is 8.63. The molecule has 3 atom stereocenters. The van der Waals surface area contributed by atoms with Gasteiger partial charge in [-0.3, -0.25) is 4.79 Å². The van der Waals surface area contributed by atoms with Crippen LogP contribution in [0, 0.1) is 11.3 Å². The van der Waals surface area contributed by atoms with Gasteiger partial charge in [-0.1, -0.05) is 74.5 Å². The Balaban J connectivity index is 1.26. The zero-order valence-corrected chi connectivity index (χ0v) is 23.6. The Morgan fingerprint density at radius 3 is 2.29 bits per heavy atom. The summed E-state index contributed by atoms with van der Waals surface area (Å²) in [5.41, 5.74) is 1.08. The number of amides is 1. The topological polar surface area (TPSA) is 61.4 Å². The van der Waals surface area contributed by atoms with E-state index in [2.05, 4.69) is 77.7 Å². The molecule has 9 heteroatoms. The van der Waals surface area contributed by atoms with E-state index in [0.717, 1.165) is 38.1 Å². The molecule has 0 radical (unpaired) electrons. The normalized spacial score (nSPS) is 22.2. The molecule has 2 heterocycles. The predicted octanol–water partition coefficient (Wildman–Crippen LogP) is 5.91. The SMILES string of the molecule is CC(C)[C@]1(C(=O)N2CCN(c3cc(C(F)(F)F)ncn3)CC2)CC[C@@H](NC(Cc2ccccc2)c2ccccc2)C1. The maximum absolute atomic E-state index is 14.1. The monoisotopic (exact) mass is 565 g/mol. The van der Waals surface area contributed by atoms with Crippen molar-refractivity contribution in [3.63, 3.8) is 0 Å². The van der Waals surface area contributed by atoms with Crippen molar-refractivity contribution in [3.05, 3.63) is 89.9 Å². The Bertz CT molecular complexity index is 1300. The van der Waals surface area contributed by atoms with Crippen LogP contribution in [0.4, 0.5) is 19.0 Å². The lowest BCUT2D eigenvalue weighted by Gasteiger charge is -2.42. The van der Waals surface area contributed by atoms with Crippen molar-refractivity contribution in [3.8, 4) is 0 Å². The van der Waals surface area contributed by atoms with Crippen LogP contribution in [0.5, 0.6) is 0 Å². The summed E-state index contributed by atoms with van der Waals surface area (Å²) < 4.78 is 39.4. The number of anilines is 1. The predicted molar refractivity (Wildman–Crippen MR) is 153 cm³/mol. The third-order valence-electron chi connectivity index (χ3n) is 8.84. The van der Waals surface area contributed by atoms with E-state index in [1.165, 1.54) is 11.1 Å². The van der Waals surface area contributed by atoms with Gasteiger partial charge in [0.1, 0.15) is 17.8 Å². The number of hydrogen-bond acceptors (Lipinski definition) is 5. The van der Waals surface area contributed by atoms with Gasteiger partial charge in [0.2, 0.25) is 5.91 Å². The lowest BCUT2D eigenvalue weighted by atomic mass is 9.74. The molecular formula is C32H38F3N5O. The lowest BCUT2D eigenvalue weighted by Crippen LogP contribution is -2.54. The highest BCUT2D eigenvalue weighted by atomic mass is 19.4. The molecule has 1 saturated carbocycles. The smallest absolute Gasteiger partial charge is 0.353 e. The van der Waals surface area contributed by atoms with Crippen molar-refractivity contribution in [2.45, 2.75) is 57.8 Å². The van der Waals surface area contributed by atoms with Gasteiger partial charge in [0.05, 0.1) is 5.41 Å². The van der Waals surface area contributed by atoms with E-state index >= 15 is 0 Å². The molecule has 6 nitrogen and oxygen atoms in total. The summed E-state index contributed by atoms with van der Waals surface area (Å²) in [7, 11) is 0. The van der Waals surface area contributed by atoms with E-state index in [0.29, 0.717) is 26.2 Å². The largest absolute Gasteiger partial charge is 0.433 e. The number of aromatic nitrogens is 2. The van der Waals surface area contributed by atoms with Crippen molar-refractivity contribution < 1.29 is 18.0 Å². The van der Waals surface area contributed by atoms with Gasteiger partial charge in [-0.25, -0.2) is 9.97 Å². The summed E-state index contributed by atoms with van der Waals surface area (Å²) >= 11 is 0. The molecule has 1 amide bonds. The highest BCUT2D eigenvalue weighted by Crippen LogP contribution is 2.46. The van der Waals surface area contributed by atoms with Crippen molar-refractivity contribution in [2.24, 2.45) is 11.3 Å². The average Bonchev–Trinajstić information content (AvgIpc) is 3.42. The first kappa shape index (κ1) is 29.0. The maximum atomic E-state index is 14.1. The minimum absolute atomic E-state index is 0.139. The number of nitrogens with one attached hydrogen (secondary N) is 1. The van der Waals surface area contributed by atoms with E-state index in [1.807, 2.05) is 17.0 Å². The van der Waals surface area contributed by atoms with E-state index in [-0.39, 0.29) is 29.7 Å². The van der Waals surface area contributed by atoms with E-state index in [1.54, 1.807) is 4.90 Å². The summed E-state index contributed by atoms with van der Waals surface area (Å²) in [6.07, 6.45) is -0.200. The van der Waals surface area contributed by atoms with Crippen LogP contribution >= 0.6 is 0 Å². The number of halogens is 3. The quantitative estimate of drug-likeness (QED) is 0.368. The minimum Gasteiger partial charge on any atom is -0.353 e. The fourth-order valence-corrected chi connectivity index (χ4v) is 6.40. The van der Waals surface area contributed by atoms with Gasteiger partial charge in [0, 0.05) is 44.3 Å². The first-order valence-corrected chi connectivity index (χ1v) is 14.4. The highest BCUT2D eigenvalue weighted by Gasteiger charge is 2.49. The lowest BCUT2D eigenvalue weighted by molar-refractivity contribution is -0.145. The van der Waals surface area contributed by atoms with Gasteiger partial charge >= 0.3 is 6.18 Å². The first-order chi connectivity index (χ1) is 19.7. The van der Waals surface area contributed by atoms with Crippen LogP contribution in [-0.2, 0) is 17.4 Å². The van der Waals surface area contributed by atoms with Gasteiger partial charge in [-0.05, 0) is 42.7 Å². The fourth-order valence-electron chi connectivity index (χ4n) is 6.40. The third kappa shape index (κ3) is 6.56. The zero-order chi connectivity index (χ0) is 29.0. The summed E-state index contributed by atoms with van der Waals surface area (Å²) in [6, 6.07) is 22.3. The third-order valence-corrected chi connectivity index (χ3v) is 8.84. The molecule has 2 aromatic carbocycles. The summed E-state index contributed by atoms with van der Waals surface area (Å²) in [6.45, 7) is 6.05. The fraction of sp³-hybridized carbons (Fsp3) is 0.469. The zero-order valence-electron chi connectivity index (χ0n) is 23.6. The molecule has 0 spiro atoms. The van der Waals surface area contributed by atoms with E-state index < -0.39 is 17.3 Å². The minimum atomic E-state index is -4.52. The van der Waals surface area contributed by atoms with Crippen LogP contribution in [0.25, 0.3) is 0 Å². The summed E-state index contributed by atoms with van der Waals surface area (Å²) in [5, 5.41) is 3.91. The van der Waals surface area contributed by atoms with Crippen molar-refractivity contribution in [1.82, 2.24) is 20.2 Å². The molecule has 1 saturated heterocycles. The van der Waals surface area contributed by atoms with Crippen LogP contribution < -0.4 is 10.2 Å². The number of rotatable bonds is 8. The molecule has 0 bridgehead atoms. The van der Waals surface area contributed by atoms with Gasteiger partial charge in [0.25, 0.3) is 0 Å². The molecule has 2 fully saturated rings. The van der Waals surface area contributed by atoms with E-state index in [9.17, 15) is 18.0 Å². The Morgan fingerprint density at radius 1 is 1.00 bits per heavy atom. The van der Waals surface area contributed by atoms with Gasteiger partial charge in [0.15, 0.2) is 0 Å². The van der Waals surface area contributed by atoms with Gasteiger partial charge in [-0.15, -0.1) is 0 Å². The summed E-state index contributed by atoms with van der Waals surface area (Å²) in [4.78, 5) is 25.2. The number of alkyl halides is 3. The summed E-state index contributed by atoms with van der Waals surface area (Å²) in [5.74, 6) is 0.572. The van der Waals surface area contributed by atoms with Crippen LogP contribution in [0.15, 0.2) is 73.1 Å². The molecule has 5 rings (SSSR count).